The first-order valence-electron chi connectivity index (χ1n) is 3.90. The molecule has 0 saturated heterocycles. The van der Waals surface area contributed by atoms with Crippen molar-refractivity contribution in [3.8, 4) is 0 Å². The number of hydrogen-bond acceptors (Lipinski definition) is 2. The van der Waals surface area contributed by atoms with Crippen LogP contribution in [0.25, 0.3) is 0 Å². The minimum atomic E-state index is -0.778. The number of carboxylic acid groups (broad SMARTS) is 1. The zero-order valence-electron chi connectivity index (χ0n) is 6.58. The molecule has 0 spiro atoms. The number of nitrogens with zero attached hydrogens (tertiary/aromatic N) is 1. The lowest BCUT2D eigenvalue weighted by atomic mass is 10.2. The van der Waals surface area contributed by atoms with E-state index in [-0.39, 0.29) is 6.42 Å². The highest BCUT2D eigenvalue weighted by molar-refractivity contribution is 5.70. The van der Waals surface area contributed by atoms with Gasteiger partial charge in [-0.3, -0.25) is 4.79 Å². The Morgan fingerprint density at radius 3 is 3.25 bits per heavy atom. The van der Waals surface area contributed by atoms with Gasteiger partial charge in [-0.25, -0.2) is 0 Å². The van der Waals surface area contributed by atoms with Gasteiger partial charge >= 0.3 is 5.97 Å². The fourth-order valence-corrected chi connectivity index (χ4v) is 1.48. The molecule has 1 aliphatic heterocycles. The van der Waals surface area contributed by atoms with E-state index < -0.39 is 5.97 Å². The molecule has 0 unspecified atom stereocenters. The van der Waals surface area contributed by atoms with Gasteiger partial charge in [0.15, 0.2) is 0 Å². The second-order valence-corrected chi connectivity index (χ2v) is 2.92. The number of rotatable bonds is 2. The van der Waals surface area contributed by atoms with Crippen molar-refractivity contribution in [1.82, 2.24) is 4.57 Å². The fraction of sp³-hybridized carbons (Fsp3) is 0.375. The van der Waals surface area contributed by atoms with Crippen LogP contribution in [0.4, 0.5) is 5.82 Å². The largest absolute Gasteiger partial charge is 0.481 e. The molecule has 0 atom stereocenters. The summed E-state index contributed by atoms with van der Waals surface area (Å²) in [4.78, 5) is 10.4. The molecule has 64 valence electrons. The monoisotopic (exact) mass is 166 g/mol. The Labute approximate surface area is 69.8 Å². The lowest BCUT2D eigenvalue weighted by Gasteiger charge is -1.91. The third kappa shape index (κ3) is 1.15. The Kier molecular flexibility index (Phi) is 1.53. The maximum atomic E-state index is 10.4. The van der Waals surface area contributed by atoms with Gasteiger partial charge in [-0.1, -0.05) is 0 Å². The van der Waals surface area contributed by atoms with Gasteiger partial charge < -0.3 is 15.0 Å². The van der Waals surface area contributed by atoms with Crippen LogP contribution >= 0.6 is 0 Å². The van der Waals surface area contributed by atoms with Crippen LogP contribution in [0.1, 0.15) is 5.56 Å². The summed E-state index contributed by atoms with van der Waals surface area (Å²) in [6.45, 7) is 1.89. The predicted molar refractivity (Wildman–Crippen MR) is 44.3 cm³/mol. The van der Waals surface area contributed by atoms with Gasteiger partial charge in [0, 0.05) is 19.3 Å². The number of aliphatic carboxylic acids is 1. The van der Waals surface area contributed by atoms with Crippen LogP contribution in [-0.4, -0.2) is 22.2 Å². The van der Waals surface area contributed by atoms with E-state index in [1.54, 1.807) is 0 Å². The summed E-state index contributed by atoms with van der Waals surface area (Å²) in [6, 6.07) is 1.89. The fourth-order valence-electron chi connectivity index (χ4n) is 1.48. The van der Waals surface area contributed by atoms with Crippen molar-refractivity contribution in [1.29, 1.82) is 0 Å². The van der Waals surface area contributed by atoms with Gasteiger partial charge in [-0.15, -0.1) is 0 Å². The molecule has 0 radical (unpaired) electrons. The number of hydrogen-bond donors (Lipinski definition) is 2. The molecule has 2 N–H and O–H groups in total. The van der Waals surface area contributed by atoms with Gasteiger partial charge in [0.05, 0.1) is 6.42 Å². The summed E-state index contributed by atoms with van der Waals surface area (Å²) in [5.74, 6) is 0.255. The molecule has 2 rings (SSSR count). The molecule has 1 aliphatic rings. The van der Waals surface area contributed by atoms with Crippen molar-refractivity contribution < 1.29 is 9.90 Å². The predicted octanol–water partition coefficient (Wildman–Crippen LogP) is 0.541. The second kappa shape index (κ2) is 2.55. The van der Waals surface area contributed by atoms with Crippen LogP contribution in [0, 0.1) is 0 Å². The molecule has 0 bridgehead atoms. The number of aromatic nitrogens is 1. The Balaban J connectivity index is 2.20. The average molecular weight is 166 g/mol. The lowest BCUT2D eigenvalue weighted by molar-refractivity contribution is -0.136. The summed E-state index contributed by atoms with van der Waals surface area (Å²) >= 11 is 0. The molecular formula is C8H10N2O2. The summed E-state index contributed by atoms with van der Waals surface area (Å²) in [6.07, 6.45) is 2.01. The van der Waals surface area contributed by atoms with Crippen molar-refractivity contribution in [2.24, 2.45) is 0 Å². The van der Waals surface area contributed by atoms with Crippen LogP contribution in [0.3, 0.4) is 0 Å². The van der Waals surface area contributed by atoms with Crippen LogP contribution in [0.5, 0.6) is 0 Å². The minimum absolute atomic E-state index is 0.113. The van der Waals surface area contributed by atoms with Crippen molar-refractivity contribution in [2.45, 2.75) is 13.0 Å². The van der Waals surface area contributed by atoms with Gasteiger partial charge in [0.1, 0.15) is 5.82 Å². The van der Waals surface area contributed by atoms with E-state index in [1.807, 2.05) is 16.8 Å². The molecule has 4 heteroatoms. The number of nitrogens with one attached hydrogen (secondary N) is 1. The normalized spacial score (nSPS) is 14.0. The molecule has 0 aromatic carbocycles. The Morgan fingerprint density at radius 2 is 2.58 bits per heavy atom. The molecule has 12 heavy (non-hydrogen) atoms. The summed E-state index contributed by atoms with van der Waals surface area (Å²) < 4.78 is 2.04. The maximum absolute atomic E-state index is 10.4. The van der Waals surface area contributed by atoms with Gasteiger partial charge in [-0.2, -0.15) is 0 Å². The SMILES string of the molecule is O=C(O)Cc1cc2n(c1)CCN2. The molecule has 4 nitrogen and oxygen atoms in total. The van der Waals surface area contributed by atoms with Gasteiger partial charge in [-0.05, 0) is 11.6 Å². The quantitative estimate of drug-likeness (QED) is 0.674. The molecule has 1 aromatic heterocycles. The zero-order chi connectivity index (χ0) is 8.55. The number of anilines is 1. The first-order chi connectivity index (χ1) is 5.75. The Morgan fingerprint density at radius 1 is 1.75 bits per heavy atom. The highest BCUT2D eigenvalue weighted by Crippen LogP contribution is 2.18. The number of carboxylic acids is 1. The van der Waals surface area contributed by atoms with E-state index in [4.69, 9.17) is 5.11 Å². The summed E-state index contributed by atoms with van der Waals surface area (Å²) in [5, 5.41) is 11.7. The van der Waals surface area contributed by atoms with E-state index >= 15 is 0 Å². The van der Waals surface area contributed by atoms with Gasteiger partial charge in [0.25, 0.3) is 0 Å². The molecular weight excluding hydrogens is 156 g/mol. The first-order valence-corrected chi connectivity index (χ1v) is 3.90. The molecule has 0 aliphatic carbocycles. The Bertz CT molecular complexity index is 295. The van der Waals surface area contributed by atoms with Gasteiger partial charge in [0.2, 0.25) is 0 Å². The van der Waals surface area contributed by atoms with Crippen molar-refractivity contribution in [2.75, 3.05) is 11.9 Å². The summed E-state index contributed by atoms with van der Waals surface area (Å²) in [7, 11) is 0. The van der Waals surface area contributed by atoms with Crippen LogP contribution < -0.4 is 5.32 Å². The highest BCUT2D eigenvalue weighted by atomic mass is 16.4. The summed E-state index contributed by atoms with van der Waals surface area (Å²) in [5.41, 5.74) is 0.865. The minimum Gasteiger partial charge on any atom is -0.481 e. The smallest absolute Gasteiger partial charge is 0.307 e. The molecule has 1 aromatic rings. The third-order valence-corrected chi connectivity index (χ3v) is 1.97. The van der Waals surface area contributed by atoms with E-state index in [0.29, 0.717) is 0 Å². The van der Waals surface area contributed by atoms with E-state index in [0.717, 1.165) is 24.5 Å². The molecule has 0 saturated carbocycles. The van der Waals surface area contributed by atoms with E-state index in [1.165, 1.54) is 0 Å². The van der Waals surface area contributed by atoms with Crippen molar-refractivity contribution in [3.05, 3.63) is 17.8 Å². The van der Waals surface area contributed by atoms with Crippen molar-refractivity contribution in [3.63, 3.8) is 0 Å². The molecule has 2 heterocycles. The average Bonchev–Trinajstić information content (AvgIpc) is 2.43. The number of fused-ring (bicyclic) bond motifs is 1. The van der Waals surface area contributed by atoms with Crippen molar-refractivity contribution >= 4 is 11.8 Å². The second-order valence-electron chi connectivity index (χ2n) is 2.92. The third-order valence-electron chi connectivity index (χ3n) is 1.97. The van der Waals surface area contributed by atoms with Crippen LogP contribution in [-0.2, 0) is 17.8 Å². The van der Waals surface area contributed by atoms with E-state index in [2.05, 4.69) is 5.32 Å². The van der Waals surface area contributed by atoms with Crippen LogP contribution in [0.2, 0.25) is 0 Å². The van der Waals surface area contributed by atoms with E-state index in [9.17, 15) is 4.79 Å². The lowest BCUT2D eigenvalue weighted by Crippen LogP contribution is -2.00. The highest BCUT2D eigenvalue weighted by Gasteiger charge is 2.11. The molecule has 0 fully saturated rings. The Hall–Kier alpha value is -1.45. The maximum Gasteiger partial charge on any atom is 0.307 e. The zero-order valence-corrected chi connectivity index (χ0v) is 6.58. The first kappa shape index (κ1) is 7.21. The van der Waals surface area contributed by atoms with Crippen LogP contribution in [0.15, 0.2) is 12.3 Å². The standard InChI is InChI=1S/C8H10N2O2/c11-8(12)4-6-3-7-9-1-2-10(7)5-6/h3,5,9H,1-2,4H2,(H,11,12). The molecule has 0 amide bonds. The number of carbonyl (C=O) groups is 1. The topological polar surface area (TPSA) is 54.3 Å².